The molecule has 0 saturated carbocycles. The van der Waals surface area contributed by atoms with Gasteiger partial charge in [-0.25, -0.2) is 8.42 Å². The molecule has 5 nitrogen and oxygen atoms in total. The highest BCUT2D eigenvalue weighted by Gasteiger charge is 2.18. The van der Waals surface area contributed by atoms with E-state index >= 15 is 0 Å². The molecule has 21 heavy (non-hydrogen) atoms. The summed E-state index contributed by atoms with van der Waals surface area (Å²) >= 11 is 4.54. The summed E-state index contributed by atoms with van der Waals surface area (Å²) in [4.78, 5) is 4.90. The molecule has 0 saturated heterocycles. The maximum absolute atomic E-state index is 12.3. The van der Waals surface area contributed by atoms with Crippen molar-refractivity contribution < 1.29 is 8.42 Å². The van der Waals surface area contributed by atoms with Crippen LogP contribution in [-0.4, -0.2) is 19.9 Å². The molecule has 0 aliphatic rings. The number of anilines is 1. The standard InChI is InChI=1S/C13H16BrN3O2S2/c1-2-6-15-8-10-3-4-13(20-10)21(18,19)17-12-5-7-16-9-11(12)14/h3-5,7,9,15H,2,6,8H2,1H3,(H,16,17). The van der Waals surface area contributed by atoms with Crippen molar-refractivity contribution in [1.82, 2.24) is 10.3 Å². The number of nitrogens with one attached hydrogen (secondary N) is 2. The van der Waals surface area contributed by atoms with Crippen molar-refractivity contribution in [2.75, 3.05) is 11.3 Å². The van der Waals surface area contributed by atoms with Gasteiger partial charge in [0.1, 0.15) is 4.21 Å². The van der Waals surface area contributed by atoms with Crippen LogP contribution in [0, 0.1) is 0 Å². The number of aromatic nitrogens is 1. The van der Waals surface area contributed by atoms with E-state index in [2.05, 4.69) is 37.9 Å². The van der Waals surface area contributed by atoms with Crippen molar-refractivity contribution in [2.24, 2.45) is 0 Å². The van der Waals surface area contributed by atoms with Gasteiger partial charge in [-0.05, 0) is 47.1 Å². The molecule has 0 spiro atoms. The first-order valence-corrected chi connectivity index (χ1v) is 9.54. The van der Waals surface area contributed by atoms with E-state index in [1.54, 1.807) is 18.3 Å². The second-order valence-corrected chi connectivity index (χ2v) is 8.29. The number of nitrogens with zero attached hydrogens (tertiary/aromatic N) is 1. The van der Waals surface area contributed by atoms with Crippen LogP contribution in [0.4, 0.5) is 5.69 Å². The van der Waals surface area contributed by atoms with Crippen LogP contribution in [-0.2, 0) is 16.6 Å². The predicted molar refractivity (Wildman–Crippen MR) is 89.1 cm³/mol. The van der Waals surface area contributed by atoms with Gasteiger partial charge in [0, 0.05) is 23.8 Å². The highest BCUT2D eigenvalue weighted by molar-refractivity contribution is 9.10. The van der Waals surface area contributed by atoms with E-state index in [4.69, 9.17) is 0 Å². The van der Waals surface area contributed by atoms with Crippen LogP contribution in [0.1, 0.15) is 18.2 Å². The van der Waals surface area contributed by atoms with Crippen molar-refractivity contribution >= 4 is 43.0 Å². The Balaban J connectivity index is 2.11. The summed E-state index contributed by atoms with van der Waals surface area (Å²) in [5.74, 6) is 0. The lowest BCUT2D eigenvalue weighted by atomic mass is 10.4. The Morgan fingerprint density at radius 3 is 2.86 bits per heavy atom. The second kappa shape index (κ2) is 7.35. The molecule has 8 heteroatoms. The highest BCUT2D eigenvalue weighted by Crippen LogP contribution is 2.27. The van der Waals surface area contributed by atoms with Gasteiger partial charge in [-0.15, -0.1) is 11.3 Å². The highest BCUT2D eigenvalue weighted by atomic mass is 79.9. The first-order valence-electron chi connectivity index (χ1n) is 6.44. The minimum Gasteiger partial charge on any atom is -0.312 e. The van der Waals surface area contributed by atoms with Crippen LogP contribution >= 0.6 is 27.3 Å². The molecule has 2 N–H and O–H groups in total. The zero-order chi connectivity index (χ0) is 15.3. The average Bonchev–Trinajstić information content (AvgIpc) is 2.91. The van der Waals surface area contributed by atoms with Crippen LogP contribution in [0.3, 0.4) is 0 Å². The number of thiophene rings is 1. The lowest BCUT2D eigenvalue weighted by Gasteiger charge is -2.07. The maximum atomic E-state index is 12.3. The van der Waals surface area contributed by atoms with E-state index in [1.165, 1.54) is 17.5 Å². The van der Waals surface area contributed by atoms with Crippen LogP contribution < -0.4 is 10.0 Å². The number of halogens is 1. The molecular formula is C13H16BrN3O2S2. The SMILES string of the molecule is CCCNCc1ccc(S(=O)(=O)Nc2ccncc2Br)s1. The number of hydrogen-bond acceptors (Lipinski definition) is 5. The zero-order valence-corrected chi connectivity index (χ0v) is 14.7. The molecule has 0 amide bonds. The van der Waals surface area contributed by atoms with E-state index in [0.717, 1.165) is 17.8 Å². The second-order valence-electron chi connectivity index (χ2n) is 4.36. The van der Waals surface area contributed by atoms with Crippen molar-refractivity contribution in [1.29, 1.82) is 0 Å². The fraction of sp³-hybridized carbons (Fsp3) is 0.308. The predicted octanol–water partition coefficient (Wildman–Crippen LogP) is 3.21. The molecule has 2 heterocycles. The summed E-state index contributed by atoms with van der Waals surface area (Å²) < 4.78 is 28.1. The topological polar surface area (TPSA) is 71.1 Å². The van der Waals surface area contributed by atoms with Gasteiger partial charge in [0.25, 0.3) is 10.0 Å². The van der Waals surface area contributed by atoms with Gasteiger partial charge in [-0.2, -0.15) is 0 Å². The van der Waals surface area contributed by atoms with Gasteiger partial charge in [-0.3, -0.25) is 9.71 Å². The number of sulfonamides is 1. The Labute approximate surface area is 137 Å². The molecule has 2 aromatic rings. The van der Waals surface area contributed by atoms with Gasteiger partial charge in [0.2, 0.25) is 0 Å². The molecule has 0 unspecified atom stereocenters. The number of hydrogen-bond donors (Lipinski definition) is 2. The fourth-order valence-electron chi connectivity index (χ4n) is 1.64. The van der Waals surface area contributed by atoms with Crippen molar-refractivity contribution in [3.8, 4) is 0 Å². The number of pyridine rings is 1. The first kappa shape index (κ1) is 16.4. The maximum Gasteiger partial charge on any atom is 0.271 e. The number of rotatable bonds is 7. The van der Waals surface area contributed by atoms with Gasteiger partial charge < -0.3 is 5.32 Å². The Kier molecular flexibility index (Phi) is 5.74. The molecule has 0 aliphatic carbocycles. The summed E-state index contributed by atoms with van der Waals surface area (Å²) in [6.45, 7) is 3.70. The molecule has 0 radical (unpaired) electrons. The van der Waals surface area contributed by atoms with Crippen LogP contribution in [0.15, 0.2) is 39.3 Å². The molecule has 2 aromatic heterocycles. The lowest BCUT2D eigenvalue weighted by molar-refractivity contribution is 0.603. The molecular weight excluding hydrogens is 374 g/mol. The van der Waals surface area contributed by atoms with Crippen molar-refractivity contribution in [3.63, 3.8) is 0 Å². The molecule has 0 atom stereocenters. The normalized spacial score (nSPS) is 11.5. The molecule has 0 bridgehead atoms. The van der Waals surface area contributed by atoms with E-state index < -0.39 is 10.0 Å². The summed E-state index contributed by atoms with van der Waals surface area (Å²) in [5, 5.41) is 3.25. The van der Waals surface area contributed by atoms with Crippen LogP contribution in [0.2, 0.25) is 0 Å². The van der Waals surface area contributed by atoms with E-state index in [9.17, 15) is 8.42 Å². The van der Waals surface area contributed by atoms with Crippen LogP contribution in [0.25, 0.3) is 0 Å². The van der Waals surface area contributed by atoms with E-state index in [0.29, 0.717) is 20.9 Å². The lowest BCUT2D eigenvalue weighted by Crippen LogP contribution is -2.13. The smallest absolute Gasteiger partial charge is 0.271 e. The summed E-state index contributed by atoms with van der Waals surface area (Å²) in [6.07, 6.45) is 4.14. The largest absolute Gasteiger partial charge is 0.312 e. The fourth-order valence-corrected chi connectivity index (χ4v) is 4.52. The van der Waals surface area contributed by atoms with E-state index in [-0.39, 0.29) is 0 Å². The summed E-state index contributed by atoms with van der Waals surface area (Å²) in [5.41, 5.74) is 0.476. The van der Waals surface area contributed by atoms with Gasteiger partial charge in [-0.1, -0.05) is 6.92 Å². The zero-order valence-electron chi connectivity index (χ0n) is 11.5. The molecule has 0 aromatic carbocycles. The average molecular weight is 390 g/mol. The molecule has 0 aliphatic heterocycles. The third-order valence-electron chi connectivity index (χ3n) is 2.64. The van der Waals surface area contributed by atoms with Gasteiger partial charge in [0.15, 0.2) is 0 Å². The monoisotopic (exact) mass is 389 g/mol. The summed E-state index contributed by atoms with van der Waals surface area (Å²) in [6, 6.07) is 5.08. The molecule has 0 fully saturated rings. The quantitative estimate of drug-likeness (QED) is 0.713. The molecule has 114 valence electrons. The van der Waals surface area contributed by atoms with Crippen LogP contribution in [0.5, 0.6) is 0 Å². The summed E-state index contributed by atoms with van der Waals surface area (Å²) in [7, 11) is -3.56. The third-order valence-corrected chi connectivity index (χ3v) is 6.22. The Morgan fingerprint density at radius 2 is 2.14 bits per heavy atom. The minimum absolute atomic E-state index is 0.305. The van der Waals surface area contributed by atoms with Crippen molar-refractivity contribution in [2.45, 2.75) is 24.1 Å². The van der Waals surface area contributed by atoms with Crippen molar-refractivity contribution in [3.05, 3.63) is 39.9 Å². The third kappa shape index (κ3) is 4.50. The molecule has 2 rings (SSSR count). The van der Waals surface area contributed by atoms with E-state index in [1.807, 2.05) is 6.07 Å². The van der Waals surface area contributed by atoms with Gasteiger partial charge >= 0.3 is 0 Å². The Hall–Kier alpha value is -0.960. The first-order chi connectivity index (χ1) is 10.0. The minimum atomic E-state index is -3.56. The Bertz CT molecular complexity index is 701. The van der Waals surface area contributed by atoms with Gasteiger partial charge in [0.05, 0.1) is 10.2 Å². The Morgan fingerprint density at radius 1 is 1.33 bits per heavy atom.